The molecule has 1 unspecified atom stereocenters. The van der Waals surface area contributed by atoms with Crippen LogP contribution in [0.3, 0.4) is 0 Å². The van der Waals surface area contributed by atoms with Gasteiger partial charge in [0.1, 0.15) is 13.2 Å². The molecule has 0 aliphatic carbocycles. The topological polar surface area (TPSA) is 78.9 Å². The summed E-state index contributed by atoms with van der Waals surface area (Å²) in [6, 6.07) is 0. The van der Waals surface area contributed by atoms with Gasteiger partial charge in [-0.3, -0.25) is 14.4 Å². The van der Waals surface area contributed by atoms with Crippen molar-refractivity contribution in [1.82, 2.24) is 0 Å². The molecule has 1 atom stereocenters. The Hall–Kier alpha value is -2.63. The Labute approximate surface area is 295 Å². The molecule has 0 amide bonds. The van der Waals surface area contributed by atoms with E-state index in [4.69, 9.17) is 14.2 Å². The van der Waals surface area contributed by atoms with Crippen molar-refractivity contribution < 1.29 is 28.6 Å². The van der Waals surface area contributed by atoms with E-state index in [1.54, 1.807) is 0 Å². The molecule has 0 spiro atoms. The predicted octanol–water partition coefficient (Wildman–Crippen LogP) is 12.0. The molecule has 0 fully saturated rings. The maximum absolute atomic E-state index is 12.6. The maximum Gasteiger partial charge on any atom is 0.306 e. The summed E-state index contributed by atoms with van der Waals surface area (Å²) in [6.07, 6.45) is 41.2. The van der Waals surface area contributed by atoms with Gasteiger partial charge in [0, 0.05) is 19.3 Å². The normalized spacial score (nSPS) is 12.5. The highest BCUT2D eigenvalue weighted by Gasteiger charge is 2.19. The largest absolute Gasteiger partial charge is 0.462 e. The fraction of sp³-hybridized carbons (Fsp3) is 0.738. The Kier molecular flexibility index (Phi) is 35.2. The molecular weight excluding hydrogens is 600 g/mol. The molecule has 0 aliphatic rings. The highest BCUT2D eigenvalue weighted by molar-refractivity contribution is 5.71. The zero-order valence-electron chi connectivity index (χ0n) is 31.2. The third-order valence-electron chi connectivity index (χ3n) is 8.10. The van der Waals surface area contributed by atoms with Crippen molar-refractivity contribution in [3.63, 3.8) is 0 Å². The van der Waals surface area contributed by atoms with Crippen molar-refractivity contribution in [3.05, 3.63) is 48.6 Å². The molecule has 6 nitrogen and oxygen atoms in total. The fourth-order valence-electron chi connectivity index (χ4n) is 5.14. The summed E-state index contributed by atoms with van der Waals surface area (Å²) in [6.45, 7) is 6.37. The van der Waals surface area contributed by atoms with Crippen LogP contribution in [0, 0.1) is 0 Å². The van der Waals surface area contributed by atoms with E-state index < -0.39 is 6.10 Å². The minimum Gasteiger partial charge on any atom is -0.462 e. The van der Waals surface area contributed by atoms with Crippen LogP contribution in [0.2, 0.25) is 0 Å². The summed E-state index contributed by atoms with van der Waals surface area (Å²) < 4.78 is 16.5. The minimum atomic E-state index is -0.780. The van der Waals surface area contributed by atoms with Crippen molar-refractivity contribution in [2.75, 3.05) is 13.2 Å². The second kappa shape index (κ2) is 37.2. The first-order valence-corrected chi connectivity index (χ1v) is 19.6. The van der Waals surface area contributed by atoms with E-state index in [2.05, 4.69) is 69.4 Å². The lowest BCUT2D eigenvalue weighted by molar-refractivity contribution is -0.167. The summed E-state index contributed by atoms with van der Waals surface area (Å²) in [5.74, 6) is -0.949. The molecule has 276 valence electrons. The van der Waals surface area contributed by atoms with Crippen LogP contribution in [0.5, 0.6) is 0 Å². The zero-order chi connectivity index (χ0) is 35.2. The Morgan fingerprint density at radius 3 is 1.27 bits per heavy atom. The van der Waals surface area contributed by atoms with Gasteiger partial charge in [-0.25, -0.2) is 0 Å². The first-order valence-electron chi connectivity index (χ1n) is 19.6. The summed E-state index contributed by atoms with van der Waals surface area (Å²) in [7, 11) is 0. The smallest absolute Gasteiger partial charge is 0.306 e. The first kappa shape index (κ1) is 45.4. The van der Waals surface area contributed by atoms with Crippen LogP contribution >= 0.6 is 0 Å². The van der Waals surface area contributed by atoms with Crippen molar-refractivity contribution in [2.24, 2.45) is 0 Å². The summed E-state index contributed by atoms with van der Waals surface area (Å²) in [4.78, 5) is 37.3. The first-order chi connectivity index (χ1) is 23.5. The van der Waals surface area contributed by atoms with E-state index >= 15 is 0 Å². The lowest BCUT2D eigenvalue weighted by Crippen LogP contribution is -2.30. The van der Waals surface area contributed by atoms with Crippen molar-refractivity contribution in [2.45, 2.75) is 187 Å². The van der Waals surface area contributed by atoms with Gasteiger partial charge in [0.15, 0.2) is 6.10 Å². The van der Waals surface area contributed by atoms with E-state index in [1.807, 2.05) is 0 Å². The number of esters is 3. The fourth-order valence-corrected chi connectivity index (χ4v) is 5.14. The Bertz CT molecular complexity index is 871. The third-order valence-corrected chi connectivity index (χ3v) is 8.10. The van der Waals surface area contributed by atoms with Crippen LogP contribution in [0.1, 0.15) is 181 Å². The average Bonchev–Trinajstić information content (AvgIpc) is 3.08. The zero-order valence-corrected chi connectivity index (χ0v) is 31.2. The lowest BCUT2D eigenvalue weighted by Gasteiger charge is -2.18. The number of carbonyl (C=O) groups excluding carboxylic acids is 3. The second-order valence-corrected chi connectivity index (χ2v) is 12.8. The van der Waals surface area contributed by atoms with E-state index in [0.717, 1.165) is 83.5 Å². The summed E-state index contributed by atoms with van der Waals surface area (Å²) in [5.41, 5.74) is 0. The number of ether oxygens (including phenoxy) is 3. The van der Waals surface area contributed by atoms with Crippen molar-refractivity contribution in [1.29, 1.82) is 0 Å². The molecule has 0 aromatic heterocycles. The molecule has 0 radical (unpaired) electrons. The van der Waals surface area contributed by atoms with Crippen LogP contribution < -0.4 is 0 Å². The van der Waals surface area contributed by atoms with Crippen molar-refractivity contribution in [3.8, 4) is 0 Å². The highest BCUT2D eigenvalue weighted by Crippen LogP contribution is 2.12. The highest BCUT2D eigenvalue weighted by atomic mass is 16.6. The summed E-state index contributed by atoms with van der Waals surface area (Å²) >= 11 is 0. The monoisotopic (exact) mass is 673 g/mol. The van der Waals surface area contributed by atoms with Crippen LogP contribution in [-0.4, -0.2) is 37.2 Å². The maximum atomic E-state index is 12.6. The van der Waals surface area contributed by atoms with E-state index in [9.17, 15) is 14.4 Å². The van der Waals surface area contributed by atoms with Crippen LogP contribution in [-0.2, 0) is 28.6 Å². The standard InChI is InChI=1S/C42H72O6/c1-4-7-10-13-16-18-19-20-21-22-23-25-26-29-32-35-41(44)47-38-39(37-46-40(43)34-31-28-15-12-9-6-3)48-42(45)36-33-30-27-24-17-14-11-8-5-2/h7,10,16,18,20-21,23,25,39H,4-6,8-9,11-15,17,19,22,24,26-38H2,1-3H3/b10-7-,18-16-,21-20-,25-23-. The minimum absolute atomic E-state index is 0.0860. The molecule has 0 bridgehead atoms. The van der Waals surface area contributed by atoms with Gasteiger partial charge in [0.25, 0.3) is 0 Å². The third kappa shape index (κ3) is 34.7. The molecule has 0 aromatic rings. The molecule has 0 saturated carbocycles. The number of hydrogen-bond donors (Lipinski definition) is 0. The number of unbranched alkanes of at least 4 members (excludes halogenated alkanes) is 15. The molecular formula is C42H72O6. The van der Waals surface area contributed by atoms with E-state index in [1.165, 1.54) is 57.8 Å². The molecule has 0 aliphatic heterocycles. The number of rotatable bonds is 34. The van der Waals surface area contributed by atoms with Crippen molar-refractivity contribution >= 4 is 17.9 Å². The second-order valence-electron chi connectivity index (χ2n) is 12.8. The van der Waals surface area contributed by atoms with Gasteiger partial charge in [0.2, 0.25) is 0 Å². The molecule has 0 rings (SSSR count). The molecule has 0 heterocycles. The number of hydrogen-bond acceptors (Lipinski definition) is 6. The van der Waals surface area contributed by atoms with Crippen LogP contribution in [0.4, 0.5) is 0 Å². The predicted molar refractivity (Wildman–Crippen MR) is 201 cm³/mol. The quantitative estimate of drug-likeness (QED) is 0.0293. The average molecular weight is 673 g/mol. The summed E-state index contributed by atoms with van der Waals surface area (Å²) in [5, 5.41) is 0. The molecule has 0 saturated heterocycles. The molecule has 6 heteroatoms. The Balaban J connectivity index is 4.38. The van der Waals surface area contributed by atoms with Gasteiger partial charge >= 0.3 is 17.9 Å². The van der Waals surface area contributed by atoms with Gasteiger partial charge in [-0.2, -0.15) is 0 Å². The Morgan fingerprint density at radius 1 is 0.438 bits per heavy atom. The van der Waals surface area contributed by atoms with Gasteiger partial charge in [0.05, 0.1) is 0 Å². The number of allylic oxidation sites excluding steroid dienone is 8. The number of carbonyl (C=O) groups is 3. The van der Waals surface area contributed by atoms with Gasteiger partial charge < -0.3 is 14.2 Å². The Morgan fingerprint density at radius 2 is 0.812 bits per heavy atom. The van der Waals surface area contributed by atoms with Gasteiger partial charge in [-0.05, 0) is 57.8 Å². The van der Waals surface area contributed by atoms with Gasteiger partial charge in [-0.15, -0.1) is 0 Å². The molecule has 0 N–H and O–H groups in total. The molecule has 0 aromatic carbocycles. The van der Waals surface area contributed by atoms with E-state index in [0.29, 0.717) is 19.3 Å². The van der Waals surface area contributed by atoms with Crippen LogP contribution in [0.15, 0.2) is 48.6 Å². The van der Waals surface area contributed by atoms with Gasteiger partial charge in [-0.1, -0.05) is 153 Å². The lowest BCUT2D eigenvalue weighted by atomic mass is 10.1. The molecule has 48 heavy (non-hydrogen) atoms. The van der Waals surface area contributed by atoms with E-state index in [-0.39, 0.29) is 31.1 Å². The van der Waals surface area contributed by atoms with Crippen LogP contribution in [0.25, 0.3) is 0 Å². The SMILES string of the molecule is CC/C=C\C/C=C\C/C=C\C/C=C\CCCCC(=O)OCC(COC(=O)CCCCCCCC)OC(=O)CCCCCCCCCCC.